The Balaban J connectivity index is 1.47. The van der Waals surface area contributed by atoms with Gasteiger partial charge in [0, 0.05) is 50.1 Å². The number of piperidine rings is 1. The minimum Gasteiger partial charge on any atom is -0.382 e. The van der Waals surface area contributed by atoms with Crippen molar-refractivity contribution >= 4 is 17.3 Å². The molecule has 0 bridgehead atoms. The molecule has 0 radical (unpaired) electrons. The van der Waals surface area contributed by atoms with Gasteiger partial charge in [0.25, 0.3) is 0 Å². The summed E-state index contributed by atoms with van der Waals surface area (Å²) in [7, 11) is 0. The van der Waals surface area contributed by atoms with Crippen LogP contribution < -0.4 is 10.6 Å². The predicted octanol–water partition coefficient (Wildman–Crippen LogP) is 3.34. The average Bonchev–Trinajstić information content (AvgIpc) is 3.12. The molecule has 5 nitrogen and oxygen atoms in total. The van der Waals surface area contributed by atoms with E-state index in [2.05, 4.69) is 34.6 Å². The molecule has 2 saturated heterocycles. The van der Waals surface area contributed by atoms with Gasteiger partial charge in [-0.05, 0) is 49.4 Å². The van der Waals surface area contributed by atoms with Crippen LogP contribution in [-0.4, -0.2) is 49.2 Å². The van der Waals surface area contributed by atoms with Gasteiger partial charge in [-0.3, -0.25) is 4.79 Å². The minimum atomic E-state index is 0.0490. The summed E-state index contributed by atoms with van der Waals surface area (Å²) in [6.07, 6.45) is 4.53. The number of anilines is 2. The van der Waals surface area contributed by atoms with Crippen LogP contribution in [0.15, 0.2) is 24.3 Å². The Morgan fingerprint density at radius 3 is 2.64 bits per heavy atom. The fraction of sp³-hybridized carbons (Fsp3) is 0.650. The van der Waals surface area contributed by atoms with E-state index in [0.29, 0.717) is 24.5 Å². The molecule has 2 N–H and O–H groups in total. The highest BCUT2D eigenvalue weighted by Gasteiger charge is 2.28. The maximum absolute atomic E-state index is 11.4. The topological polar surface area (TPSA) is 53.6 Å². The predicted molar refractivity (Wildman–Crippen MR) is 102 cm³/mol. The van der Waals surface area contributed by atoms with Crippen LogP contribution in [0, 0.1) is 5.92 Å². The van der Waals surface area contributed by atoms with Crippen LogP contribution in [0.2, 0.25) is 0 Å². The average molecular weight is 345 g/mol. The number of hydrogen-bond donors (Lipinski definition) is 2. The molecule has 2 heterocycles. The molecule has 2 fully saturated rings. The number of benzene rings is 1. The van der Waals surface area contributed by atoms with Crippen molar-refractivity contribution in [2.45, 2.75) is 51.7 Å². The van der Waals surface area contributed by atoms with Crippen molar-refractivity contribution in [2.24, 2.45) is 5.92 Å². The molecule has 2 aliphatic heterocycles. The maximum atomic E-state index is 11.4. The molecule has 0 saturated carbocycles. The first-order chi connectivity index (χ1) is 12.1. The van der Waals surface area contributed by atoms with E-state index in [9.17, 15) is 4.79 Å². The van der Waals surface area contributed by atoms with Crippen molar-refractivity contribution in [3.8, 4) is 0 Å². The van der Waals surface area contributed by atoms with Crippen molar-refractivity contribution in [3.63, 3.8) is 0 Å². The van der Waals surface area contributed by atoms with Gasteiger partial charge in [-0.2, -0.15) is 0 Å². The molecule has 0 aliphatic carbocycles. The SMILES string of the molecule is CCC(=O)Nc1ccc(N[C@@H]2CCN(C[C@H]3CCCO3)C[C@H]2C)cc1. The third-order valence-corrected chi connectivity index (χ3v) is 5.32. The van der Waals surface area contributed by atoms with Crippen LogP contribution in [-0.2, 0) is 9.53 Å². The largest absolute Gasteiger partial charge is 0.382 e. The highest BCUT2D eigenvalue weighted by molar-refractivity contribution is 5.90. The van der Waals surface area contributed by atoms with Crippen LogP contribution in [0.1, 0.15) is 39.5 Å². The van der Waals surface area contributed by atoms with E-state index < -0.39 is 0 Å². The van der Waals surface area contributed by atoms with Crippen LogP contribution in [0.3, 0.4) is 0 Å². The number of nitrogens with one attached hydrogen (secondary N) is 2. The standard InChI is InChI=1S/C20H31N3O2/c1-3-20(24)22-17-8-6-16(7-9-17)21-19-10-11-23(13-15(19)2)14-18-5-4-12-25-18/h6-9,15,18-19,21H,3-5,10-14H2,1-2H3,(H,22,24)/t15-,18-,19-/m1/s1. The van der Waals surface area contributed by atoms with Gasteiger partial charge < -0.3 is 20.3 Å². The molecule has 3 rings (SSSR count). The van der Waals surface area contributed by atoms with E-state index in [1.54, 1.807) is 0 Å². The zero-order valence-corrected chi connectivity index (χ0v) is 15.5. The molecule has 5 heteroatoms. The zero-order chi connectivity index (χ0) is 17.6. The zero-order valence-electron chi connectivity index (χ0n) is 15.5. The Labute approximate surface area is 151 Å². The second-order valence-corrected chi connectivity index (χ2v) is 7.39. The van der Waals surface area contributed by atoms with E-state index in [0.717, 1.165) is 44.0 Å². The maximum Gasteiger partial charge on any atom is 0.224 e. The first-order valence-electron chi connectivity index (χ1n) is 9.64. The van der Waals surface area contributed by atoms with Crippen LogP contribution in [0.5, 0.6) is 0 Å². The molecule has 2 aliphatic rings. The van der Waals surface area contributed by atoms with Gasteiger partial charge >= 0.3 is 0 Å². The fourth-order valence-corrected chi connectivity index (χ4v) is 3.80. The smallest absolute Gasteiger partial charge is 0.224 e. The Hall–Kier alpha value is -1.59. The number of rotatable bonds is 6. The summed E-state index contributed by atoms with van der Waals surface area (Å²) < 4.78 is 5.77. The van der Waals surface area contributed by atoms with Gasteiger partial charge in [-0.1, -0.05) is 13.8 Å². The molecule has 3 atom stereocenters. The number of hydrogen-bond acceptors (Lipinski definition) is 4. The summed E-state index contributed by atoms with van der Waals surface area (Å²) in [6.45, 7) is 8.47. The number of carbonyl (C=O) groups is 1. The number of amides is 1. The van der Waals surface area contributed by atoms with Crippen molar-refractivity contribution in [3.05, 3.63) is 24.3 Å². The molecule has 1 aromatic rings. The summed E-state index contributed by atoms with van der Waals surface area (Å²) in [5, 5.41) is 6.55. The third kappa shape index (κ3) is 5.19. The van der Waals surface area contributed by atoms with Crippen molar-refractivity contribution < 1.29 is 9.53 Å². The molecular weight excluding hydrogens is 314 g/mol. The lowest BCUT2D eigenvalue weighted by Crippen LogP contribution is -2.47. The van der Waals surface area contributed by atoms with E-state index in [-0.39, 0.29) is 5.91 Å². The van der Waals surface area contributed by atoms with Gasteiger partial charge in [0.2, 0.25) is 5.91 Å². The Morgan fingerprint density at radius 1 is 1.24 bits per heavy atom. The minimum absolute atomic E-state index is 0.0490. The Bertz CT molecular complexity index is 555. The van der Waals surface area contributed by atoms with Crippen molar-refractivity contribution in [2.75, 3.05) is 36.9 Å². The molecule has 0 spiro atoms. The summed E-state index contributed by atoms with van der Waals surface area (Å²) in [4.78, 5) is 14.0. The highest BCUT2D eigenvalue weighted by Crippen LogP contribution is 2.24. The van der Waals surface area contributed by atoms with E-state index in [1.165, 1.54) is 12.8 Å². The van der Waals surface area contributed by atoms with Gasteiger partial charge in [0.1, 0.15) is 0 Å². The van der Waals surface area contributed by atoms with Crippen molar-refractivity contribution in [1.29, 1.82) is 0 Å². The summed E-state index contributed by atoms with van der Waals surface area (Å²) in [5.41, 5.74) is 1.98. The third-order valence-electron chi connectivity index (χ3n) is 5.32. The van der Waals surface area contributed by atoms with E-state index >= 15 is 0 Å². The first-order valence-corrected chi connectivity index (χ1v) is 9.64. The Morgan fingerprint density at radius 2 is 2.00 bits per heavy atom. The summed E-state index contributed by atoms with van der Waals surface area (Å²) in [6, 6.07) is 8.53. The quantitative estimate of drug-likeness (QED) is 0.830. The van der Waals surface area contributed by atoms with Crippen LogP contribution in [0.4, 0.5) is 11.4 Å². The molecule has 138 valence electrons. The van der Waals surface area contributed by atoms with Crippen LogP contribution in [0.25, 0.3) is 0 Å². The summed E-state index contributed by atoms with van der Waals surface area (Å²) in [5.74, 6) is 0.655. The molecule has 0 unspecified atom stereocenters. The normalized spacial score (nSPS) is 27.2. The van der Waals surface area contributed by atoms with Crippen LogP contribution >= 0.6 is 0 Å². The lowest BCUT2D eigenvalue weighted by molar-refractivity contribution is -0.115. The second kappa shape index (κ2) is 8.68. The molecule has 1 aromatic carbocycles. The summed E-state index contributed by atoms with van der Waals surface area (Å²) >= 11 is 0. The number of likely N-dealkylation sites (tertiary alicyclic amines) is 1. The lowest BCUT2D eigenvalue weighted by Gasteiger charge is -2.38. The molecule has 0 aromatic heterocycles. The number of nitrogens with zero attached hydrogens (tertiary/aromatic N) is 1. The fourth-order valence-electron chi connectivity index (χ4n) is 3.80. The van der Waals surface area contributed by atoms with Gasteiger partial charge in [-0.15, -0.1) is 0 Å². The van der Waals surface area contributed by atoms with E-state index in [4.69, 9.17) is 4.74 Å². The first kappa shape index (κ1) is 18.2. The monoisotopic (exact) mass is 345 g/mol. The number of carbonyl (C=O) groups excluding carboxylic acids is 1. The molecular formula is C20H31N3O2. The van der Waals surface area contributed by atoms with Gasteiger partial charge in [-0.25, -0.2) is 0 Å². The molecule has 1 amide bonds. The second-order valence-electron chi connectivity index (χ2n) is 7.39. The molecule has 25 heavy (non-hydrogen) atoms. The van der Waals surface area contributed by atoms with Gasteiger partial charge in [0.05, 0.1) is 6.10 Å². The highest BCUT2D eigenvalue weighted by atomic mass is 16.5. The Kier molecular flexibility index (Phi) is 6.32. The van der Waals surface area contributed by atoms with Crippen molar-refractivity contribution in [1.82, 2.24) is 4.90 Å². The van der Waals surface area contributed by atoms with E-state index in [1.807, 2.05) is 19.1 Å². The lowest BCUT2D eigenvalue weighted by atomic mass is 9.93. The van der Waals surface area contributed by atoms with Gasteiger partial charge in [0.15, 0.2) is 0 Å². The number of ether oxygens (including phenoxy) is 1.